The molecule has 1 rings (SSSR count). The number of halogens is 1. The van der Waals surface area contributed by atoms with Crippen LogP contribution in [0.1, 0.15) is 26.3 Å². The van der Waals surface area contributed by atoms with Crippen molar-refractivity contribution in [3.8, 4) is 0 Å². The number of carbonyl (C=O) groups is 1. The van der Waals surface area contributed by atoms with Crippen molar-refractivity contribution in [1.82, 2.24) is 0 Å². The van der Waals surface area contributed by atoms with E-state index < -0.39 is 13.8 Å². The Balaban J connectivity index is 2.57. The Hall–Kier alpha value is -1.33. The molecule has 0 heterocycles. The Morgan fingerprint density at radius 2 is 1.74 bits per heavy atom. The van der Waals surface area contributed by atoms with E-state index in [9.17, 15) is 9.36 Å². The van der Waals surface area contributed by atoms with E-state index >= 15 is 0 Å². The van der Waals surface area contributed by atoms with Crippen LogP contribution in [0.5, 0.6) is 0 Å². The van der Waals surface area contributed by atoms with E-state index in [0.717, 1.165) is 11.6 Å². The van der Waals surface area contributed by atoms with Gasteiger partial charge in [0.1, 0.15) is 12.4 Å². The van der Waals surface area contributed by atoms with Crippen molar-refractivity contribution < 1.29 is 27.7 Å². The maximum absolute atomic E-state index is 12.1. The molecule has 0 saturated carbocycles. The lowest BCUT2D eigenvalue weighted by Crippen LogP contribution is -2.04. The largest absolute Gasteiger partial charge is 0.529 e. The van der Waals surface area contributed by atoms with E-state index in [1.54, 1.807) is 38.1 Å². The van der Waals surface area contributed by atoms with Gasteiger partial charge in [-0.1, -0.05) is 23.7 Å². The van der Waals surface area contributed by atoms with Crippen LogP contribution in [-0.2, 0) is 34.3 Å². The summed E-state index contributed by atoms with van der Waals surface area (Å²) in [7, 11) is -3.70. The molecule has 0 unspecified atom stereocenters. The highest BCUT2D eigenvalue weighted by Crippen LogP contribution is 2.51. The molecule has 0 radical (unpaired) electrons. The zero-order chi connectivity index (χ0) is 17.3. The SMILES string of the molecule is CCOP(=O)(OCC)O/C(C)=C/C(=O)OCc1ccc(Cl)cc1. The average molecular weight is 363 g/mol. The number of phosphoric ester groups is 1. The molecule has 0 aliphatic heterocycles. The van der Waals surface area contributed by atoms with Crippen LogP contribution in [0.4, 0.5) is 0 Å². The van der Waals surface area contributed by atoms with Crippen LogP contribution in [0.25, 0.3) is 0 Å². The molecule has 0 fully saturated rings. The predicted molar refractivity (Wildman–Crippen MR) is 86.9 cm³/mol. The van der Waals surface area contributed by atoms with Gasteiger partial charge in [0, 0.05) is 5.02 Å². The third-order valence-electron chi connectivity index (χ3n) is 2.45. The third kappa shape index (κ3) is 7.66. The summed E-state index contributed by atoms with van der Waals surface area (Å²) in [6, 6.07) is 6.91. The molecule has 1 aromatic carbocycles. The first-order chi connectivity index (χ1) is 10.9. The standard InChI is InChI=1S/C15H20ClO6P/c1-4-20-23(18,21-5-2)22-12(3)10-15(17)19-11-13-6-8-14(16)9-7-13/h6-10H,4-5,11H2,1-3H3/b12-10+. The number of benzene rings is 1. The molecular formula is C15H20ClO6P. The van der Waals surface area contributed by atoms with Crippen LogP contribution in [0.3, 0.4) is 0 Å². The minimum atomic E-state index is -3.70. The smallest absolute Gasteiger partial charge is 0.458 e. The van der Waals surface area contributed by atoms with Crippen molar-refractivity contribution in [1.29, 1.82) is 0 Å². The van der Waals surface area contributed by atoms with Gasteiger partial charge in [-0.3, -0.25) is 9.05 Å². The number of hydrogen-bond acceptors (Lipinski definition) is 6. The first kappa shape index (κ1) is 19.7. The number of phosphoric acid groups is 1. The number of rotatable bonds is 9. The fourth-order valence-electron chi connectivity index (χ4n) is 1.55. The number of esters is 1. The number of allylic oxidation sites excluding steroid dienone is 1. The van der Waals surface area contributed by atoms with Gasteiger partial charge >= 0.3 is 13.8 Å². The minimum absolute atomic E-state index is 0.0799. The van der Waals surface area contributed by atoms with Crippen molar-refractivity contribution >= 4 is 25.4 Å². The second-order valence-electron chi connectivity index (χ2n) is 4.36. The maximum atomic E-state index is 12.1. The molecule has 0 aliphatic carbocycles. The second kappa shape index (κ2) is 9.73. The molecule has 128 valence electrons. The highest BCUT2D eigenvalue weighted by Gasteiger charge is 2.27. The Morgan fingerprint density at radius 1 is 1.17 bits per heavy atom. The Labute approximate surface area is 140 Å². The molecule has 8 heteroatoms. The minimum Gasteiger partial charge on any atom is -0.458 e. The summed E-state index contributed by atoms with van der Waals surface area (Å²) in [4.78, 5) is 11.7. The summed E-state index contributed by atoms with van der Waals surface area (Å²) in [5.74, 6) is -0.548. The summed E-state index contributed by atoms with van der Waals surface area (Å²) in [5.41, 5.74) is 0.795. The van der Waals surface area contributed by atoms with Crippen LogP contribution in [0, 0.1) is 0 Å². The maximum Gasteiger partial charge on any atom is 0.529 e. The summed E-state index contributed by atoms with van der Waals surface area (Å²) >= 11 is 5.77. The summed E-state index contributed by atoms with van der Waals surface area (Å²) in [6.07, 6.45) is 1.08. The molecule has 0 atom stereocenters. The monoisotopic (exact) mass is 362 g/mol. The van der Waals surface area contributed by atoms with Crippen molar-refractivity contribution in [3.05, 3.63) is 46.7 Å². The van der Waals surface area contributed by atoms with Crippen LogP contribution < -0.4 is 0 Å². The topological polar surface area (TPSA) is 71.1 Å². The van der Waals surface area contributed by atoms with Crippen molar-refractivity contribution in [2.75, 3.05) is 13.2 Å². The van der Waals surface area contributed by atoms with Crippen molar-refractivity contribution in [3.63, 3.8) is 0 Å². The Bertz CT molecular complexity index is 574. The van der Waals surface area contributed by atoms with Gasteiger partial charge in [0.15, 0.2) is 0 Å². The quantitative estimate of drug-likeness (QED) is 0.279. The van der Waals surface area contributed by atoms with Gasteiger partial charge in [0.25, 0.3) is 0 Å². The zero-order valence-electron chi connectivity index (χ0n) is 13.3. The van der Waals surface area contributed by atoms with E-state index in [2.05, 4.69) is 0 Å². The normalized spacial score (nSPS) is 12.1. The van der Waals surface area contributed by atoms with Crippen LogP contribution >= 0.6 is 19.4 Å². The van der Waals surface area contributed by atoms with Gasteiger partial charge < -0.3 is 9.26 Å². The molecular weight excluding hydrogens is 343 g/mol. The molecule has 1 aromatic rings. The van der Waals surface area contributed by atoms with Gasteiger partial charge in [-0.15, -0.1) is 0 Å². The molecule has 0 N–H and O–H groups in total. The summed E-state index contributed by atoms with van der Waals surface area (Å²) < 4.78 is 32.3. The lowest BCUT2D eigenvalue weighted by atomic mass is 10.2. The Kier molecular flexibility index (Phi) is 8.34. The predicted octanol–water partition coefficient (Wildman–Crippen LogP) is 4.48. The second-order valence-corrected chi connectivity index (χ2v) is 6.39. The number of ether oxygens (including phenoxy) is 1. The Morgan fingerprint density at radius 3 is 2.26 bits per heavy atom. The lowest BCUT2D eigenvalue weighted by molar-refractivity contribution is -0.139. The van der Waals surface area contributed by atoms with E-state index in [4.69, 9.17) is 29.9 Å². The molecule has 0 spiro atoms. The van der Waals surface area contributed by atoms with Crippen LogP contribution in [0.2, 0.25) is 5.02 Å². The molecule has 0 aliphatic rings. The fourth-order valence-corrected chi connectivity index (χ4v) is 2.90. The van der Waals surface area contributed by atoms with Gasteiger partial charge in [-0.25, -0.2) is 9.36 Å². The summed E-state index contributed by atoms with van der Waals surface area (Å²) in [6.45, 7) is 5.20. The van der Waals surface area contributed by atoms with Gasteiger partial charge in [-0.2, -0.15) is 0 Å². The zero-order valence-corrected chi connectivity index (χ0v) is 14.9. The molecule has 0 saturated heterocycles. The van der Waals surface area contributed by atoms with Crippen LogP contribution in [-0.4, -0.2) is 19.2 Å². The van der Waals surface area contributed by atoms with E-state index in [1.807, 2.05) is 0 Å². The average Bonchev–Trinajstić information content (AvgIpc) is 2.46. The fraction of sp³-hybridized carbons (Fsp3) is 0.400. The van der Waals surface area contributed by atoms with Crippen LogP contribution in [0.15, 0.2) is 36.1 Å². The van der Waals surface area contributed by atoms with E-state index in [1.165, 1.54) is 6.92 Å². The highest BCUT2D eigenvalue weighted by molar-refractivity contribution is 7.48. The molecule has 6 nitrogen and oxygen atoms in total. The van der Waals surface area contributed by atoms with Crippen molar-refractivity contribution in [2.24, 2.45) is 0 Å². The summed E-state index contributed by atoms with van der Waals surface area (Å²) in [5, 5.41) is 0.604. The molecule has 23 heavy (non-hydrogen) atoms. The third-order valence-corrected chi connectivity index (χ3v) is 4.36. The molecule has 0 aromatic heterocycles. The van der Waals surface area contributed by atoms with E-state index in [-0.39, 0.29) is 25.6 Å². The molecule has 0 bridgehead atoms. The van der Waals surface area contributed by atoms with Crippen molar-refractivity contribution in [2.45, 2.75) is 27.4 Å². The first-order valence-electron chi connectivity index (χ1n) is 7.06. The molecule has 0 amide bonds. The number of hydrogen-bond donors (Lipinski definition) is 0. The first-order valence-corrected chi connectivity index (χ1v) is 8.90. The van der Waals surface area contributed by atoms with Gasteiger partial charge in [0.2, 0.25) is 0 Å². The van der Waals surface area contributed by atoms with Gasteiger partial charge in [-0.05, 0) is 38.5 Å². The highest BCUT2D eigenvalue weighted by atomic mass is 35.5. The van der Waals surface area contributed by atoms with E-state index in [0.29, 0.717) is 5.02 Å². The lowest BCUT2D eigenvalue weighted by Gasteiger charge is -2.17. The van der Waals surface area contributed by atoms with Gasteiger partial charge in [0.05, 0.1) is 19.3 Å². The number of carbonyl (C=O) groups excluding carboxylic acids is 1.